The van der Waals surface area contributed by atoms with Gasteiger partial charge in [0.05, 0.1) is 12.7 Å². The SMILES string of the molecule is C[C@@H]1CCCC[C@@H]1OCCNC(=O)NCC[C@@H](O)C(F)(F)F. The van der Waals surface area contributed by atoms with Gasteiger partial charge in [0.25, 0.3) is 0 Å². The second-order valence-electron chi connectivity index (χ2n) is 5.70. The van der Waals surface area contributed by atoms with E-state index >= 15 is 0 Å². The van der Waals surface area contributed by atoms with Gasteiger partial charge in [0.1, 0.15) is 0 Å². The molecule has 1 fully saturated rings. The Bertz CT molecular complexity index is 340. The lowest BCUT2D eigenvalue weighted by Crippen LogP contribution is -2.40. The number of ether oxygens (including phenoxy) is 1. The number of aliphatic hydroxyl groups is 1. The number of carbonyl (C=O) groups excluding carboxylic acids is 1. The first-order valence-electron chi connectivity index (χ1n) is 7.68. The van der Waals surface area contributed by atoms with Crippen LogP contribution in [0.2, 0.25) is 0 Å². The summed E-state index contributed by atoms with van der Waals surface area (Å²) >= 11 is 0. The summed E-state index contributed by atoms with van der Waals surface area (Å²) in [5, 5.41) is 13.5. The van der Waals surface area contributed by atoms with Crippen molar-refractivity contribution in [2.24, 2.45) is 5.92 Å². The number of nitrogens with one attached hydrogen (secondary N) is 2. The summed E-state index contributed by atoms with van der Waals surface area (Å²) in [4.78, 5) is 11.3. The summed E-state index contributed by atoms with van der Waals surface area (Å²) in [7, 11) is 0. The van der Waals surface area contributed by atoms with Gasteiger partial charge >= 0.3 is 12.2 Å². The van der Waals surface area contributed by atoms with Crippen molar-refractivity contribution in [2.45, 2.75) is 57.4 Å². The zero-order chi connectivity index (χ0) is 16.6. The average Bonchev–Trinajstić information content (AvgIpc) is 2.44. The van der Waals surface area contributed by atoms with Crippen LogP contribution in [0, 0.1) is 5.92 Å². The summed E-state index contributed by atoms with van der Waals surface area (Å²) in [5.74, 6) is 0.520. The quantitative estimate of drug-likeness (QED) is 0.628. The van der Waals surface area contributed by atoms with Crippen LogP contribution in [-0.4, -0.2) is 49.2 Å². The van der Waals surface area contributed by atoms with E-state index < -0.39 is 24.7 Å². The first-order chi connectivity index (χ1) is 10.3. The number of hydrogen-bond acceptors (Lipinski definition) is 3. The molecule has 0 saturated heterocycles. The third kappa shape index (κ3) is 7.31. The standard InChI is InChI=1S/C14H25F3N2O3/c1-10-4-2-3-5-11(10)22-9-8-19-13(21)18-7-6-12(20)14(15,16)17/h10-12,20H,2-9H2,1H3,(H2,18,19,21)/t10-,11+,12-/m1/s1. The second-order valence-corrected chi connectivity index (χ2v) is 5.70. The number of amides is 2. The first-order valence-corrected chi connectivity index (χ1v) is 7.68. The minimum absolute atomic E-state index is 0.223. The van der Waals surface area contributed by atoms with E-state index in [1.165, 1.54) is 6.42 Å². The Labute approximate surface area is 128 Å². The van der Waals surface area contributed by atoms with Gasteiger partial charge in [0.2, 0.25) is 0 Å². The molecule has 130 valence electrons. The van der Waals surface area contributed by atoms with Crippen molar-refractivity contribution in [2.75, 3.05) is 19.7 Å². The highest BCUT2D eigenvalue weighted by Crippen LogP contribution is 2.26. The Morgan fingerprint density at radius 2 is 1.91 bits per heavy atom. The van der Waals surface area contributed by atoms with E-state index in [1.807, 2.05) is 0 Å². The molecule has 1 rings (SSSR count). The Morgan fingerprint density at radius 1 is 1.27 bits per heavy atom. The van der Waals surface area contributed by atoms with Gasteiger partial charge in [-0.3, -0.25) is 0 Å². The molecule has 0 spiro atoms. The molecule has 2 amide bonds. The maximum atomic E-state index is 12.0. The number of halogens is 3. The van der Waals surface area contributed by atoms with Crippen LogP contribution in [0.1, 0.15) is 39.0 Å². The first kappa shape index (κ1) is 19.0. The molecule has 0 aromatic carbocycles. The Kier molecular flexibility index (Phi) is 7.95. The zero-order valence-corrected chi connectivity index (χ0v) is 12.8. The molecule has 0 aliphatic heterocycles. The Morgan fingerprint density at radius 3 is 2.55 bits per heavy atom. The van der Waals surface area contributed by atoms with Gasteiger partial charge < -0.3 is 20.5 Å². The monoisotopic (exact) mass is 326 g/mol. The van der Waals surface area contributed by atoms with Crippen LogP contribution < -0.4 is 10.6 Å². The van der Waals surface area contributed by atoms with E-state index in [0.29, 0.717) is 19.1 Å². The van der Waals surface area contributed by atoms with Gasteiger partial charge in [-0.25, -0.2) is 4.79 Å². The summed E-state index contributed by atoms with van der Waals surface area (Å²) < 4.78 is 41.8. The zero-order valence-electron chi connectivity index (χ0n) is 12.8. The molecule has 0 bridgehead atoms. The highest BCUT2D eigenvalue weighted by atomic mass is 19.4. The van der Waals surface area contributed by atoms with Crippen molar-refractivity contribution in [3.63, 3.8) is 0 Å². The highest BCUT2D eigenvalue weighted by Gasteiger charge is 2.37. The van der Waals surface area contributed by atoms with Crippen molar-refractivity contribution in [3.05, 3.63) is 0 Å². The lowest BCUT2D eigenvalue weighted by molar-refractivity contribution is -0.204. The molecule has 8 heteroatoms. The fraction of sp³-hybridized carbons (Fsp3) is 0.929. The van der Waals surface area contributed by atoms with Crippen molar-refractivity contribution in [3.8, 4) is 0 Å². The number of rotatable bonds is 7. The largest absolute Gasteiger partial charge is 0.414 e. The van der Waals surface area contributed by atoms with Gasteiger partial charge in [-0.05, 0) is 25.2 Å². The molecule has 0 aromatic rings. The number of hydrogen-bond donors (Lipinski definition) is 3. The smallest absolute Gasteiger partial charge is 0.384 e. The number of alkyl halides is 3. The fourth-order valence-corrected chi connectivity index (χ4v) is 2.45. The molecule has 3 atom stereocenters. The highest BCUT2D eigenvalue weighted by molar-refractivity contribution is 5.73. The number of carbonyl (C=O) groups is 1. The van der Waals surface area contributed by atoms with Crippen LogP contribution in [-0.2, 0) is 4.74 Å². The van der Waals surface area contributed by atoms with Gasteiger partial charge in [-0.15, -0.1) is 0 Å². The van der Waals surface area contributed by atoms with E-state index in [4.69, 9.17) is 9.84 Å². The molecule has 3 N–H and O–H groups in total. The summed E-state index contributed by atoms with van der Waals surface area (Å²) in [5.41, 5.74) is 0. The maximum absolute atomic E-state index is 12.0. The molecule has 5 nitrogen and oxygen atoms in total. The number of aliphatic hydroxyl groups excluding tert-OH is 1. The topological polar surface area (TPSA) is 70.6 Å². The molecule has 0 unspecified atom stereocenters. The third-order valence-corrected chi connectivity index (χ3v) is 3.83. The van der Waals surface area contributed by atoms with Crippen LogP contribution >= 0.6 is 0 Å². The van der Waals surface area contributed by atoms with Gasteiger partial charge in [-0.2, -0.15) is 13.2 Å². The van der Waals surface area contributed by atoms with Crippen LogP contribution in [0.15, 0.2) is 0 Å². The van der Waals surface area contributed by atoms with Crippen molar-refractivity contribution < 1.29 is 27.8 Å². The third-order valence-electron chi connectivity index (χ3n) is 3.83. The van der Waals surface area contributed by atoms with E-state index in [2.05, 4.69) is 17.6 Å². The predicted molar refractivity (Wildman–Crippen MR) is 75.5 cm³/mol. The average molecular weight is 326 g/mol. The molecular weight excluding hydrogens is 301 g/mol. The summed E-state index contributed by atoms with van der Waals surface area (Å²) in [6.45, 7) is 2.59. The van der Waals surface area contributed by atoms with E-state index in [0.717, 1.165) is 19.3 Å². The van der Waals surface area contributed by atoms with Crippen molar-refractivity contribution in [1.82, 2.24) is 10.6 Å². The molecule has 1 saturated carbocycles. The molecule has 0 heterocycles. The van der Waals surface area contributed by atoms with Gasteiger partial charge in [-0.1, -0.05) is 19.8 Å². The lowest BCUT2D eigenvalue weighted by atomic mass is 9.88. The minimum atomic E-state index is -4.65. The van der Waals surface area contributed by atoms with Crippen LogP contribution in [0.3, 0.4) is 0 Å². The van der Waals surface area contributed by atoms with Gasteiger partial charge in [0, 0.05) is 13.1 Å². The van der Waals surface area contributed by atoms with Crippen molar-refractivity contribution in [1.29, 1.82) is 0 Å². The summed E-state index contributed by atoms with van der Waals surface area (Å²) in [6.07, 6.45) is -2.83. The predicted octanol–water partition coefficient (Wildman–Crippen LogP) is 2.19. The molecular formula is C14H25F3N2O3. The lowest BCUT2D eigenvalue weighted by Gasteiger charge is -2.28. The van der Waals surface area contributed by atoms with Gasteiger partial charge in [0.15, 0.2) is 6.10 Å². The molecule has 22 heavy (non-hydrogen) atoms. The molecule has 0 aromatic heterocycles. The Balaban J connectivity index is 2.04. The molecule has 0 radical (unpaired) electrons. The summed E-state index contributed by atoms with van der Waals surface area (Å²) in [6, 6.07) is -0.560. The van der Waals surface area contributed by atoms with Crippen LogP contribution in [0.4, 0.5) is 18.0 Å². The van der Waals surface area contributed by atoms with E-state index in [9.17, 15) is 18.0 Å². The van der Waals surface area contributed by atoms with Crippen LogP contribution in [0.25, 0.3) is 0 Å². The normalized spacial score (nSPS) is 23.9. The van der Waals surface area contributed by atoms with Crippen LogP contribution in [0.5, 0.6) is 0 Å². The molecule has 1 aliphatic rings. The maximum Gasteiger partial charge on any atom is 0.414 e. The molecule has 1 aliphatic carbocycles. The number of urea groups is 1. The van der Waals surface area contributed by atoms with Crippen molar-refractivity contribution >= 4 is 6.03 Å². The Hall–Kier alpha value is -1.02. The second kappa shape index (κ2) is 9.19. The fourth-order valence-electron chi connectivity index (χ4n) is 2.45. The minimum Gasteiger partial charge on any atom is -0.384 e. The van der Waals surface area contributed by atoms with E-state index in [1.54, 1.807) is 0 Å². The van der Waals surface area contributed by atoms with E-state index in [-0.39, 0.29) is 12.6 Å².